The van der Waals surface area contributed by atoms with Crippen molar-refractivity contribution in [2.24, 2.45) is 0 Å². The van der Waals surface area contributed by atoms with E-state index in [1.165, 1.54) is 12.1 Å². The third kappa shape index (κ3) is 7.15. The van der Waals surface area contributed by atoms with E-state index in [1.54, 1.807) is 24.3 Å². The molecule has 216 valence electrons. The average Bonchev–Trinajstić information content (AvgIpc) is 3.26. The van der Waals surface area contributed by atoms with Gasteiger partial charge in [0.1, 0.15) is 12.4 Å². The molecule has 0 saturated carbocycles. The van der Waals surface area contributed by atoms with Crippen LogP contribution in [0.3, 0.4) is 0 Å². The molecule has 0 spiro atoms. The lowest BCUT2D eigenvalue weighted by Crippen LogP contribution is -2.46. The van der Waals surface area contributed by atoms with Crippen molar-refractivity contribution in [2.75, 3.05) is 77.6 Å². The second kappa shape index (κ2) is 13.2. The number of carbonyl (C=O) groups excluding carboxylic acids is 1. The zero-order valence-electron chi connectivity index (χ0n) is 21.8. The first-order chi connectivity index (χ1) is 19.3. The van der Waals surface area contributed by atoms with Gasteiger partial charge in [-0.2, -0.15) is 0 Å². The van der Waals surface area contributed by atoms with Crippen LogP contribution in [0.4, 0.5) is 5.69 Å². The molecule has 0 aromatic heterocycles. The maximum Gasteiger partial charge on any atom is 0.259 e. The Balaban J connectivity index is 1.15. The number of anilines is 1. The predicted octanol–water partition coefficient (Wildman–Crippen LogP) is 3.39. The number of nitrogens with one attached hydrogen (secondary N) is 1. The number of nitrogens with zero attached hydrogens (tertiary/aromatic N) is 2. The first-order valence-corrected chi connectivity index (χ1v) is 15.4. The SMILES string of the molecule is O=C(Nc1ccc2c(c1Cl)S(=O)(=O)C=C2)c1cc(Cl)ccc1OCCN1CCOC(OCCN2CCOCC2)C1. The molecule has 3 aliphatic rings. The summed E-state index contributed by atoms with van der Waals surface area (Å²) in [5.41, 5.74) is 0.857. The molecule has 2 aromatic carbocycles. The Labute approximate surface area is 243 Å². The smallest absolute Gasteiger partial charge is 0.259 e. The van der Waals surface area contributed by atoms with Gasteiger partial charge in [0.05, 0.1) is 47.6 Å². The van der Waals surface area contributed by atoms with Crippen LogP contribution in [0.25, 0.3) is 6.08 Å². The maximum atomic E-state index is 13.2. The first-order valence-electron chi connectivity index (χ1n) is 13.1. The predicted molar refractivity (Wildman–Crippen MR) is 152 cm³/mol. The summed E-state index contributed by atoms with van der Waals surface area (Å²) >= 11 is 12.5. The molecule has 3 heterocycles. The molecular formula is C27H31Cl2N3O7S. The fraction of sp³-hybridized carbons (Fsp3) is 0.444. The van der Waals surface area contributed by atoms with Crippen molar-refractivity contribution < 1.29 is 32.2 Å². The van der Waals surface area contributed by atoms with Gasteiger partial charge < -0.3 is 24.3 Å². The van der Waals surface area contributed by atoms with Crippen LogP contribution in [0, 0.1) is 0 Å². The fourth-order valence-corrected chi connectivity index (χ4v) is 6.71. The highest BCUT2D eigenvalue weighted by molar-refractivity contribution is 7.95. The Morgan fingerprint density at radius 3 is 2.62 bits per heavy atom. The molecule has 0 radical (unpaired) electrons. The molecule has 2 aromatic rings. The van der Waals surface area contributed by atoms with E-state index >= 15 is 0 Å². The van der Waals surface area contributed by atoms with E-state index in [1.807, 2.05) is 0 Å². The molecule has 1 unspecified atom stereocenters. The summed E-state index contributed by atoms with van der Waals surface area (Å²) in [6.45, 7) is 7.65. The largest absolute Gasteiger partial charge is 0.491 e. The van der Waals surface area contributed by atoms with Gasteiger partial charge in [-0.3, -0.25) is 14.6 Å². The molecule has 1 amide bonds. The summed E-state index contributed by atoms with van der Waals surface area (Å²) in [5.74, 6) is -0.178. The molecule has 1 N–H and O–H groups in total. The van der Waals surface area contributed by atoms with E-state index < -0.39 is 15.7 Å². The van der Waals surface area contributed by atoms with Crippen molar-refractivity contribution >= 4 is 50.7 Å². The van der Waals surface area contributed by atoms with Gasteiger partial charge in [-0.05, 0) is 35.9 Å². The molecule has 2 fully saturated rings. The number of rotatable bonds is 10. The van der Waals surface area contributed by atoms with Gasteiger partial charge in [-0.25, -0.2) is 8.42 Å². The summed E-state index contributed by atoms with van der Waals surface area (Å²) in [6, 6.07) is 7.93. The number of sulfone groups is 1. The number of hydrogen-bond acceptors (Lipinski definition) is 9. The quantitative estimate of drug-likeness (QED) is 0.432. The Morgan fingerprint density at radius 1 is 1.02 bits per heavy atom. The van der Waals surface area contributed by atoms with Gasteiger partial charge in [0.25, 0.3) is 5.91 Å². The van der Waals surface area contributed by atoms with Crippen molar-refractivity contribution in [1.82, 2.24) is 9.80 Å². The van der Waals surface area contributed by atoms with Crippen LogP contribution in [-0.2, 0) is 24.0 Å². The number of carbonyl (C=O) groups is 1. The number of hydrogen-bond donors (Lipinski definition) is 1. The number of amides is 1. The lowest BCUT2D eigenvalue weighted by molar-refractivity contribution is -0.182. The standard InChI is InChI=1S/C27H31Cl2N3O7S/c28-20-2-4-23(21(17-20)27(33)30-22-3-1-19-5-16-40(34,35)26(19)25(22)29)37-13-9-32-10-15-39-24(18-32)38-14-8-31-6-11-36-12-7-31/h1-5,16-17,24H,6-15,18H2,(H,30,33). The molecule has 40 heavy (non-hydrogen) atoms. The minimum absolute atomic E-state index is 0.0246. The van der Waals surface area contributed by atoms with Gasteiger partial charge in [0, 0.05) is 49.7 Å². The highest BCUT2D eigenvalue weighted by atomic mass is 35.5. The summed E-state index contributed by atoms with van der Waals surface area (Å²) in [6.07, 6.45) is 1.17. The normalized spacial score (nSPS) is 20.8. The van der Waals surface area contributed by atoms with E-state index in [2.05, 4.69) is 15.1 Å². The van der Waals surface area contributed by atoms with Crippen molar-refractivity contribution in [2.45, 2.75) is 11.2 Å². The number of benzene rings is 2. The zero-order valence-corrected chi connectivity index (χ0v) is 24.1. The molecule has 3 aliphatic heterocycles. The molecule has 5 rings (SSSR count). The summed E-state index contributed by atoms with van der Waals surface area (Å²) in [5, 5.41) is 4.09. The molecule has 2 saturated heterocycles. The zero-order chi connectivity index (χ0) is 28.1. The van der Waals surface area contributed by atoms with Crippen LogP contribution < -0.4 is 10.1 Å². The second-order valence-electron chi connectivity index (χ2n) is 9.56. The monoisotopic (exact) mass is 611 g/mol. The molecule has 0 aliphatic carbocycles. The maximum absolute atomic E-state index is 13.2. The summed E-state index contributed by atoms with van der Waals surface area (Å²) in [4.78, 5) is 17.7. The van der Waals surface area contributed by atoms with E-state index in [4.69, 9.17) is 42.1 Å². The Morgan fingerprint density at radius 2 is 1.80 bits per heavy atom. The van der Waals surface area contributed by atoms with Gasteiger partial charge in [0.15, 0.2) is 6.29 Å². The van der Waals surface area contributed by atoms with Crippen LogP contribution in [0.1, 0.15) is 15.9 Å². The Kier molecular flexibility index (Phi) is 9.64. The lowest BCUT2D eigenvalue weighted by atomic mass is 10.1. The highest BCUT2D eigenvalue weighted by Gasteiger charge is 2.27. The van der Waals surface area contributed by atoms with Gasteiger partial charge in [-0.15, -0.1) is 0 Å². The van der Waals surface area contributed by atoms with Crippen LogP contribution in [0.5, 0.6) is 5.75 Å². The topological polar surface area (TPSA) is 107 Å². The van der Waals surface area contributed by atoms with Gasteiger partial charge in [0.2, 0.25) is 9.84 Å². The number of fused-ring (bicyclic) bond motifs is 1. The number of halogens is 2. The van der Waals surface area contributed by atoms with E-state index in [0.29, 0.717) is 49.2 Å². The lowest BCUT2D eigenvalue weighted by Gasteiger charge is -2.33. The van der Waals surface area contributed by atoms with Gasteiger partial charge in [-0.1, -0.05) is 29.3 Å². The highest BCUT2D eigenvalue weighted by Crippen LogP contribution is 2.38. The average molecular weight is 613 g/mol. The second-order valence-corrected chi connectivity index (χ2v) is 12.1. The summed E-state index contributed by atoms with van der Waals surface area (Å²) < 4.78 is 47.7. The molecule has 13 heteroatoms. The van der Waals surface area contributed by atoms with E-state index in [-0.39, 0.29) is 27.5 Å². The number of morpholine rings is 2. The molecule has 10 nitrogen and oxygen atoms in total. The Hall–Kier alpha value is -2.22. The van der Waals surface area contributed by atoms with Crippen molar-refractivity contribution in [3.8, 4) is 5.75 Å². The van der Waals surface area contributed by atoms with Crippen molar-refractivity contribution in [3.63, 3.8) is 0 Å². The minimum Gasteiger partial charge on any atom is -0.491 e. The minimum atomic E-state index is -3.65. The van der Waals surface area contributed by atoms with Gasteiger partial charge >= 0.3 is 0 Å². The molecule has 1 atom stereocenters. The third-order valence-corrected chi connectivity index (χ3v) is 9.11. The van der Waals surface area contributed by atoms with E-state index in [0.717, 1.165) is 44.8 Å². The van der Waals surface area contributed by atoms with Crippen molar-refractivity contribution in [1.29, 1.82) is 0 Å². The number of ether oxygens (including phenoxy) is 4. The van der Waals surface area contributed by atoms with Crippen LogP contribution in [0.15, 0.2) is 40.6 Å². The van der Waals surface area contributed by atoms with Crippen LogP contribution in [-0.4, -0.2) is 103 Å². The fourth-order valence-electron chi connectivity index (χ4n) is 4.71. The van der Waals surface area contributed by atoms with Crippen LogP contribution in [0.2, 0.25) is 10.0 Å². The first kappa shape index (κ1) is 29.3. The molecule has 0 bridgehead atoms. The molecular weight excluding hydrogens is 581 g/mol. The third-order valence-electron chi connectivity index (χ3n) is 6.87. The Bertz CT molecular complexity index is 1370. The van der Waals surface area contributed by atoms with Crippen molar-refractivity contribution in [3.05, 3.63) is 56.9 Å². The van der Waals surface area contributed by atoms with Crippen LogP contribution >= 0.6 is 23.2 Å². The van der Waals surface area contributed by atoms with E-state index in [9.17, 15) is 13.2 Å². The summed E-state index contributed by atoms with van der Waals surface area (Å²) in [7, 11) is -3.65.